The summed E-state index contributed by atoms with van der Waals surface area (Å²) in [6.45, 7) is 14.3. The van der Waals surface area contributed by atoms with Crippen LogP contribution in [0.3, 0.4) is 0 Å². The second-order valence-electron chi connectivity index (χ2n) is 7.34. The number of benzene rings is 1. The molecular weight excluding hydrogens is 368 g/mol. The van der Waals surface area contributed by atoms with Gasteiger partial charge in [-0.15, -0.1) is 11.8 Å². The molecule has 1 aromatic carbocycles. The molecule has 0 spiro atoms. The first kappa shape index (κ1) is 22.3. The van der Waals surface area contributed by atoms with E-state index in [2.05, 4.69) is 31.9 Å². The van der Waals surface area contributed by atoms with Crippen LogP contribution in [-0.2, 0) is 4.79 Å². The minimum Gasteiger partial charge on any atom is -0.493 e. The highest BCUT2D eigenvalue weighted by molar-refractivity contribution is 8.01. The van der Waals surface area contributed by atoms with Gasteiger partial charge in [-0.3, -0.25) is 4.79 Å². The van der Waals surface area contributed by atoms with Crippen LogP contribution in [0, 0.1) is 0 Å². The first-order valence-corrected chi connectivity index (χ1v) is 10.6. The summed E-state index contributed by atoms with van der Waals surface area (Å²) in [6, 6.07) is 8.41. The summed E-state index contributed by atoms with van der Waals surface area (Å²) in [5, 5.41) is 0. The number of ether oxygens (including phenoxy) is 1. The molecule has 0 radical (unpaired) electrons. The molecule has 5 heteroatoms. The topological polar surface area (TPSA) is 55.6 Å². The zero-order chi connectivity index (χ0) is 20.6. The van der Waals surface area contributed by atoms with Gasteiger partial charge < -0.3 is 15.4 Å². The first-order valence-electron chi connectivity index (χ1n) is 9.80. The van der Waals surface area contributed by atoms with Crippen molar-refractivity contribution in [2.45, 2.75) is 48.8 Å². The number of carbonyl (C=O) groups is 1. The van der Waals surface area contributed by atoms with Crippen molar-refractivity contribution in [2.24, 2.45) is 5.73 Å². The Morgan fingerprint density at radius 3 is 2.43 bits per heavy atom. The second kappa shape index (κ2) is 10.5. The van der Waals surface area contributed by atoms with Crippen LogP contribution in [0.1, 0.15) is 33.1 Å². The molecule has 4 nitrogen and oxygen atoms in total. The van der Waals surface area contributed by atoms with Crippen molar-refractivity contribution in [2.75, 3.05) is 19.7 Å². The lowest BCUT2D eigenvalue weighted by atomic mass is 9.94. The van der Waals surface area contributed by atoms with E-state index in [0.29, 0.717) is 12.6 Å². The summed E-state index contributed by atoms with van der Waals surface area (Å²) in [7, 11) is 0. The number of primary amides is 1. The van der Waals surface area contributed by atoms with Crippen molar-refractivity contribution in [1.29, 1.82) is 0 Å². The largest absolute Gasteiger partial charge is 0.493 e. The van der Waals surface area contributed by atoms with Crippen LogP contribution in [0.15, 0.2) is 66.1 Å². The Labute approximate surface area is 173 Å². The van der Waals surface area contributed by atoms with Gasteiger partial charge in [-0.2, -0.15) is 0 Å². The van der Waals surface area contributed by atoms with Gasteiger partial charge in [0.25, 0.3) is 0 Å². The molecule has 2 N–H and O–H groups in total. The fourth-order valence-electron chi connectivity index (χ4n) is 3.32. The van der Waals surface area contributed by atoms with Crippen LogP contribution in [-0.4, -0.2) is 41.3 Å². The molecule has 0 unspecified atom stereocenters. The van der Waals surface area contributed by atoms with Crippen molar-refractivity contribution in [1.82, 2.24) is 4.90 Å². The molecule has 1 aliphatic rings. The summed E-state index contributed by atoms with van der Waals surface area (Å²) in [5.74, 6) is 0.598. The lowest BCUT2D eigenvalue weighted by Crippen LogP contribution is -2.51. The molecule has 1 heterocycles. The quantitative estimate of drug-likeness (QED) is 0.584. The average molecular weight is 401 g/mol. The number of amides is 1. The lowest BCUT2D eigenvalue weighted by molar-refractivity contribution is -0.121. The van der Waals surface area contributed by atoms with Gasteiger partial charge in [0.15, 0.2) is 0 Å². The number of thioether (sulfide) groups is 1. The summed E-state index contributed by atoms with van der Waals surface area (Å²) < 4.78 is 5.29. The predicted octanol–water partition coefficient (Wildman–Crippen LogP) is 4.57. The summed E-state index contributed by atoms with van der Waals surface area (Å²) in [6.07, 6.45) is 7.85. The predicted molar refractivity (Wildman–Crippen MR) is 119 cm³/mol. The fraction of sp³-hybridized carbons (Fsp3) is 0.435. The van der Waals surface area contributed by atoms with Gasteiger partial charge in [0.05, 0.1) is 6.61 Å². The van der Waals surface area contributed by atoms with Crippen molar-refractivity contribution in [3.05, 3.63) is 61.2 Å². The molecule has 0 aliphatic carbocycles. The highest BCUT2D eigenvalue weighted by atomic mass is 32.2. The van der Waals surface area contributed by atoms with Crippen molar-refractivity contribution < 1.29 is 9.53 Å². The Morgan fingerprint density at radius 1 is 1.29 bits per heavy atom. The molecule has 0 atom stereocenters. The zero-order valence-electron chi connectivity index (χ0n) is 17.0. The van der Waals surface area contributed by atoms with Gasteiger partial charge in [0.1, 0.15) is 10.5 Å². The maximum atomic E-state index is 12.2. The first-order chi connectivity index (χ1) is 13.4. The molecule has 2 rings (SSSR count). The summed E-state index contributed by atoms with van der Waals surface area (Å²) >= 11 is 1.59. The SMILES string of the molecule is C=C/C=C(\C=C)CCOc1ccc(SC2(C(N)=O)CCN(C(C)C)CC2)cc1. The number of carbonyl (C=O) groups excluding carboxylic acids is 1. The highest BCUT2D eigenvalue weighted by Crippen LogP contribution is 2.41. The van der Waals surface area contributed by atoms with Crippen molar-refractivity contribution in [3.63, 3.8) is 0 Å². The van der Waals surface area contributed by atoms with E-state index in [4.69, 9.17) is 10.5 Å². The Balaban J connectivity index is 1.95. The molecule has 0 saturated carbocycles. The number of hydrogen-bond donors (Lipinski definition) is 1. The number of likely N-dealkylation sites (tertiary alicyclic amines) is 1. The van der Waals surface area contributed by atoms with E-state index < -0.39 is 4.75 Å². The standard InChI is InChI=1S/C23H32N2O2S/c1-5-7-19(6-2)12-17-27-20-8-10-21(11-9-20)28-23(22(24)26)13-15-25(16-14-23)18(3)4/h5-11,18H,1-2,12-17H2,3-4H3,(H2,24,26)/b19-7+. The number of piperidine rings is 1. The molecule has 152 valence electrons. The summed E-state index contributed by atoms with van der Waals surface area (Å²) in [5.41, 5.74) is 6.91. The van der Waals surface area contributed by atoms with Crippen LogP contribution < -0.4 is 10.5 Å². The van der Waals surface area contributed by atoms with Crippen LogP contribution in [0.5, 0.6) is 5.75 Å². The molecule has 1 aromatic rings. The van der Waals surface area contributed by atoms with Crippen LogP contribution in [0.4, 0.5) is 0 Å². The lowest BCUT2D eigenvalue weighted by Gasteiger charge is -2.40. The maximum absolute atomic E-state index is 12.2. The number of nitrogens with two attached hydrogens (primary N) is 1. The normalized spacial score (nSPS) is 17.3. The van der Waals surface area contributed by atoms with Crippen molar-refractivity contribution >= 4 is 17.7 Å². The van der Waals surface area contributed by atoms with E-state index in [-0.39, 0.29) is 5.91 Å². The Kier molecular flexibility index (Phi) is 8.39. The average Bonchev–Trinajstić information content (AvgIpc) is 2.69. The fourth-order valence-corrected chi connectivity index (χ4v) is 4.53. The number of allylic oxidation sites excluding steroid dienone is 3. The molecule has 1 fully saturated rings. The third kappa shape index (κ3) is 6.01. The van der Waals surface area contributed by atoms with Gasteiger partial charge in [-0.25, -0.2) is 0 Å². The molecule has 0 aromatic heterocycles. The minimum absolute atomic E-state index is 0.216. The van der Waals surface area contributed by atoms with Crippen LogP contribution in [0.2, 0.25) is 0 Å². The smallest absolute Gasteiger partial charge is 0.234 e. The Bertz CT molecular complexity index is 702. The molecular formula is C23H32N2O2S. The monoisotopic (exact) mass is 400 g/mol. The van der Waals surface area contributed by atoms with E-state index in [1.807, 2.05) is 36.4 Å². The van der Waals surface area contributed by atoms with Gasteiger partial charge in [-0.05, 0) is 56.5 Å². The molecule has 1 aliphatic heterocycles. The number of nitrogens with zero attached hydrogens (tertiary/aromatic N) is 1. The maximum Gasteiger partial charge on any atom is 0.234 e. The van der Waals surface area contributed by atoms with Gasteiger partial charge >= 0.3 is 0 Å². The highest BCUT2D eigenvalue weighted by Gasteiger charge is 2.41. The van der Waals surface area contributed by atoms with Gasteiger partial charge in [0, 0.05) is 30.4 Å². The molecule has 1 amide bonds. The number of rotatable bonds is 10. The van der Waals surface area contributed by atoms with Gasteiger partial charge in [0.2, 0.25) is 5.91 Å². The molecule has 0 bridgehead atoms. The zero-order valence-corrected chi connectivity index (χ0v) is 17.8. The van der Waals surface area contributed by atoms with E-state index in [1.54, 1.807) is 17.8 Å². The second-order valence-corrected chi connectivity index (χ2v) is 8.80. The summed E-state index contributed by atoms with van der Waals surface area (Å²) in [4.78, 5) is 15.7. The third-order valence-electron chi connectivity index (χ3n) is 5.18. The van der Waals surface area contributed by atoms with Crippen molar-refractivity contribution in [3.8, 4) is 5.75 Å². The molecule has 1 saturated heterocycles. The number of hydrogen-bond acceptors (Lipinski definition) is 4. The third-order valence-corrected chi connectivity index (χ3v) is 6.68. The van der Waals surface area contributed by atoms with E-state index in [1.165, 1.54) is 0 Å². The minimum atomic E-state index is -0.526. The van der Waals surface area contributed by atoms with Crippen LogP contribution >= 0.6 is 11.8 Å². The Morgan fingerprint density at radius 2 is 1.93 bits per heavy atom. The van der Waals surface area contributed by atoms with E-state index in [9.17, 15) is 4.79 Å². The Hall–Kier alpha value is -1.98. The molecule has 28 heavy (non-hydrogen) atoms. The van der Waals surface area contributed by atoms with Gasteiger partial charge in [-0.1, -0.05) is 31.4 Å². The van der Waals surface area contributed by atoms with E-state index >= 15 is 0 Å². The van der Waals surface area contributed by atoms with Crippen LogP contribution in [0.25, 0.3) is 0 Å². The van der Waals surface area contributed by atoms with E-state index in [0.717, 1.165) is 48.6 Å².